The lowest BCUT2D eigenvalue weighted by molar-refractivity contribution is -0.122. The fourth-order valence-electron chi connectivity index (χ4n) is 6.81. The fraction of sp³-hybridized carbons (Fsp3) is 0.449. The maximum Gasteiger partial charge on any atom is 0.404 e. The highest BCUT2D eigenvalue weighted by atomic mass is 28.4. The molecule has 0 saturated heterocycles. The number of hydrogen-bond donors (Lipinski definition) is 4. The normalized spacial score (nSPS) is 11.8. The summed E-state index contributed by atoms with van der Waals surface area (Å²) in [5, 5.41) is 13.7. The van der Waals surface area contributed by atoms with E-state index < -0.39 is 20.2 Å². The van der Waals surface area contributed by atoms with Gasteiger partial charge < -0.3 is 39.4 Å². The molecule has 2 aliphatic heterocycles. The molecule has 5 rings (SSSR count). The van der Waals surface area contributed by atoms with E-state index in [1.807, 2.05) is 60.8 Å². The van der Waals surface area contributed by atoms with Crippen LogP contribution in [-0.4, -0.2) is 81.1 Å². The van der Waals surface area contributed by atoms with Crippen molar-refractivity contribution >= 4 is 20.3 Å². The minimum absolute atomic E-state index is 0.0559. The number of halogens is 1. The zero-order valence-electron chi connectivity index (χ0n) is 37.5. The van der Waals surface area contributed by atoms with Gasteiger partial charge >= 0.3 is 6.09 Å². The molecule has 0 unspecified atom stereocenters. The molecule has 340 valence electrons. The van der Waals surface area contributed by atoms with Gasteiger partial charge in [-0.2, -0.15) is 0 Å². The molecule has 2 aliphatic rings. The number of unbranched alkanes of at least 4 members (excludes halogenated alkanes) is 5. The van der Waals surface area contributed by atoms with Gasteiger partial charge in [0.1, 0.15) is 5.75 Å². The third kappa shape index (κ3) is 15.4. The smallest absolute Gasteiger partial charge is 0.404 e. The van der Waals surface area contributed by atoms with Crippen LogP contribution in [0.4, 0.5) is 9.18 Å². The van der Waals surface area contributed by atoms with Gasteiger partial charge in [-0.3, -0.25) is 14.2 Å². The molecule has 0 fully saturated rings. The van der Waals surface area contributed by atoms with E-state index >= 15 is 4.39 Å². The Bertz CT molecular complexity index is 2220. The molecule has 3 aromatic carbocycles. The molecule has 3 aromatic rings. The van der Waals surface area contributed by atoms with Crippen LogP contribution in [0.1, 0.15) is 88.1 Å². The summed E-state index contributed by atoms with van der Waals surface area (Å²) in [6.45, 7) is 13.6. The van der Waals surface area contributed by atoms with Crippen LogP contribution in [0.15, 0.2) is 89.9 Å². The van der Waals surface area contributed by atoms with Gasteiger partial charge in [-0.15, -0.1) is 0 Å². The van der Waals surface area contributed by atoms with E-state index in [2.05, 4.69) is 61.6 Å². The third-order valence-electron chi connectivity index (χ3n) is 11.4. The Balaban J connectivity index is 1.06. The van der Waals surface area contributed by atoms with E-state index in [-0.39, 0.29) is 48.2 Å². The predicted octanol–water partition coefficient (Wildman–Crippen LogP) is 9.50. The molecule has 14 heteroatoms. The number of carbonyl (C=O) groups is 2. The van der Waals surface area contributed by atoms with Gasteiger partial charge in [0.15, 0.2) is 11.6 Å². The minimum Gasteiger partial charge on any atom is -0.544 e. The molecular formula is C49H65FN4O8Si. The number of nitrogens with one attached hydrogen (secondary N) is 3. The maximum atomic E-state index is 15.3. The van der Waals surface area contributed by atoms with E-state index in [1.54, 1.807) is 10.6 Å². The molecule has 0 radical (unpaired) electrons. The highest BCUT2D eigenvalue weighted by Gasteiger charge is 2.39. The lowest BCUT2D eigenvalue weighted by atomic mass is 10.1. The molecule has 0 spiro atoms. The number of amides is 2. The number of carboxylic acid groups (broad SMARTS) is 1. The van der Waals surface area contributed by atoms with Crippen LogP contribution in [0.3, 0.4) is 0 Å². The Kier molecular flexibility index (Phi) is 18.4. The largest absolute Gasteiger partial charge is 0.544 e. The number of carbonyl (C=O) groups excluding carboxylic acids is 1. The number of aromatic nitrogens is 2. The summed E-state index contributed by atoms with van der Waals surface area (Å²) in [5.41, 5.74) is 5.70. The molecule has 0 bridgehead atoms. The summed E-state index contributed by atoms with van der Waals surface area (Å²) >= 11 is 0. The Labute approximate surface area is 372 Å². The summed E-state index contributed by atoms with van der Waals surface area (Å²) in [7, 11) is -2.00. The summed E-state index contributed by atoms with van der Waals surface area (Å²) in [5.74, 6) is 0.534. The van der Waals surface area contributed by atoms with Gasteiger partial charge in [0.2, 0.25) is 14.2 Å². The average Bonchev–Trinajstić information content (AvgIpc) is 3.55. The summed E-state index contributed by atoms with van der Waals surface area (Å²) in [6, 6.07) is 25.1. The number of nitrogens with zero attached hydrogens (tertiary/aromatic N) is 1. The maximum absolute atomic E-state index is 15.3. The third-order valence-corrected chi connectivity index (χ3v) is 15.8. The molecular weight excluding hydrogens is 820 g/mol. The SMILES string of the molecule is CC(C)(C)[Si](C)(C)Oc1ccc(-c2cn3c(=O)c(Cc4ccc(OCCCCCCCCNC(=O)CCOCCOCCNC(=O)O)c(F)c4)cc-3c(Cc3ccccc3)[nH]2)cc1. The highest BCUT2D eigenvalue weighted by Crippen LogP contribution is 2.38. The number of H-pyrrole nitrogens is 1. The van der Waals surface area contributed by atoms with E-state index in [9.17, 15) is 14.4 Å². The van der Waals surface area contributed by atoms with Crippen LogP contribution in [0, 0.1) is 5.82 Å². The van der Waals surface area contributed by atoms with Gasteiger partial charge in [0.25, 0.3) is 5.56 Å². The number of ether oxygens (including phenoxy) is 3. The topological polar surface area (TPSA) is 153 Å². The molecule has 4 N–H and O–H groups in total. The van der Waals surface area contributed by atoms with E-state index in [0.29, 0.717) is 50.5 Å². The first-order valence-corrected chi connectivity index (χ1v) is 25.0. The van der Waals surface area contributed by atoms with Gasteiger partial charge in [-0.25, -0.2) is 9.18 Å². The molecule has 0 saturated carbocycles. The first-order valence-electron chi connectivity index (χ1n) is 22.1. The van der Waals surface area contributed by atoms with Crippen LogP contribution < -0.4 is 25.4 Å². The van der Waals surface area contributed by atoms with Gasteiger partial charge in [0.05, 0.1) is 44.4 Å². The van der Waals surface area contributed by atoms with Crippen molar-refractivity contribution in [1.29, 1.82) is 0 Å². The lowest BCUT2D eigenvalue weighted by Crippen LogP contribution is -2.43. The van der Waals surface area contributed by atoms with Gasteiger partial charge in [0, 0.05) is 49.8 Å². The average molecular weight is 885 g/mol. The Morgan fingerprint density at radius 3 is 2.17 bits per heavy atom. The minimum atomic E-state index is -2.00. The van der Waals surface area contributed by atoms with Crippen LogP contribution >= 0.6 is 0 Å². The lowest BCUT2D eigenvalue weighted by Gasteiger charge is -2.36. The van der Waals surface area contributed by atoms with Crippen molar-refractivity contribution in [3.63, 3.8) is 0 Å². The van der Waals surface area contributed by atoms with Crippen LogP contribution in [-0.2, 0) is 27.1 Å². The van der Waals surface area contributed by atoms with E-state index in [4.69, 9.17) is 23.7 Å². The number of fused-ring (bicyclic) bond motifs is 1. The second-order valence-electron chi connectivity index (χ2n) is 17.4. The molecule has 0 atom stereocenters. The number of benzene rings is 3. The van der Waals surface area contributed by atoms with Crippen molar-refractivity contribution in [1.82, 2.24) is 20.2 Å². The van der Waals surface area contributed by atoms with Crippen molar-refractivity contribution < 1.29 is 37.7 Å². The molecule has 0 aliphatic carbocycles. The highest BCUT2D eigenvalue weighted by molar-refractivity contribution is 6.74. The standard InChI is InChI=1S/C49H65FN4O8Si/c1-49(2,3)63(4,5)62-40-20-18-38(19-21-40)43-35-54-44(42(53-43)33-36-15-11-10-12-16-36)34-39(47(54)56)31-37-17-22-45(41(50)32-37)61-26-14-9-7-6-8-13-24-51-46(55)23-27-59-29-30-60-28-25-52-48(57)58/h10-12,15-22,32,34-35,52-53H,6-9,13-14,23-31,33H2,1-5H3,(H,51,55)(H,57,58). The second kappa shape index (κ2) is 23.8. The van der Waals surface area contributed by atoms with Crippen molar-refractivity contribution in [3.05, 3.63) is 124 Å². The number of hydrogen-bond acceptors (Lipinski definition) is 7. The number of aromatic amines is 1. The Morgan fingerprint density at radius 2 is 1.48 bits per heavy atom. The molecule has 0 aromatic heterocycles. The van der Waals surface area contributed by atoms with E-state index in [1.165, 1.54) is 6.07 Å². The first-order chi connectivity index (χ1) is 30.2. The Morgan fingerprint density at radius 1 is 0.778 bits per heavy atom. The van der Waals surface area contributed by atoms with Crippen molar-refractivity contribution in [2.24, 2.45) is 0 Å². The molecule has 63 heavy (non-hydrogen) atoms. The zero-order chi connectivity index (χ0) is 45.2. The predicted molar refractivity (Wildman–Crippen MR) is 248 cm³/mol. The van der Waals surface area contributed by atoms with Gasteiger partial charge in [-0.05, 0) is 90.1 Å². The van der Waals surface area contributed by atoms with Crippen LogP contribution in [0.2, 0.25) is 18.1 Å². The summed E-state index contributed by atoms with van der Waals surface area (Å²) in [4.78, 5) is 40.0. The van der Waals surface area contributed by atoms with Crippen molar-refractivity contribution in [2.75, 3.05) is 46.1 Å². The van der Waals surface area contributed by atoms with Gasteiger partial charge in [-0.1, -0.05) is 82.9 Å². The van der Waals surface area contributed by atoms with Crippen LogP contribution in [0.25, 0.3) is 16.9 Å². The molecule has 2 amide bonds. The summed E-state index contributed by atoms with van der Waals surface area (Å²) in [6.07, 6.45) is 7.64. The van der Waals surface area contributed by atoms with Crippen LogP contribution in [0.5, 0.6) is 11.5 Å². The summed E-state index contributed by atoms with van der Waals surface area (Å²) < 4.78 is 39.9. The second-order valence-corrected chi connectivity index (χ2v) is 22.1. The fourth-order valence-corrected chi connectivity index (χ4v) is 7.84. The van der Waals surface area contributed by atoms with Crippen molar-refractivity contribution in [2.45, 2.75) is 96.7 Å². The zero-order valence-corrected chi connectivity index (χ0v) is 38.5. The van der Waals surface area contributed by atoms with Crippen molar-refractivity contribution in [3.8, 4) is 28.4 Å². The molecule has 12 nitrogen and oxygen atoms in total. The first kappa shape index (κ1) is 48.6. The Hall–Kier alpha value is -5.44. The number of rotatable bonds is 26. The van der Waals surface area contributed by atoms with E-state index in [0.717, 1.165) is 72.5 Å². The molecule has 2 heterocycles. The quantitative estimate of drug-likeness (QED) is 0.0317. The monoisotopic (exact) mass is 884 g/mol.